The monoisotopic (exact) mass is 283 g/mol. The number of likely N-dealkylation sites (tertiary alicyclic amines) is 1. The summed E-state index contributed by atoms with van der Waals surface area (Å²) in [6, 6.07) is 3.61. The number of carbonyl (C=O) groups is 1. The van der Waals surface area contributed by atoms with Crippen molar-refractivity contribution >= 4 is 11.7 Å². The van der Waals surface area contributed by atoms with Crippen molar-refractivity contribution in [2.45, 2.75) is 26.2 Å². The van der Waals surface area contributed by atoms with Gasteiger partial charge in [0.1, 0.15) is 5.82 Å². The molecule has 0 radical (unpaired) electrons. The van der Waals surface area contributed by atoms with E-state index >= 15 is 0 Å². The average molecular weight is 283 g/mol. The number of amides is 1. The van der Waals surface area contributed by atoms with Crippen LogP contribution < -0.4 is 5.32 Å². The highest BCUT2D eigenvalue weighted by Crippen LogP contribution is 2.19. The van der Waals surface area contributed by atoms with Crippen molar-refractivity contribution in [2.75, 3.05) is 25.0 Å². The van der Waals surface area contributed by atoms with Crippen LogP contribution in [-0.2, 0) is 4.79 Å². The molecule has 2 rings (SSSR count). The SMILES string of the molecule is Cc1ccc(NC(=O)[C@H]2CCCN(CC(F)F)C2)nc1. The summed E-state index contributed by atoms with van der Waals surface area (Å²) in [5.41, 5.74) is 1.02. The molecule has 1 amide bonds. The van der Waals surface area contributed by atoms with E-state index in [0.29, 0.717) is 18.9 Å². The summed E-state index contributed by atoms with van der Waals surface area (Å²) in [4.78, 5) is 17.9. The van der Waals surface area contributed by atoms with E-state index in [1.54, 1.807) is 17.2 Å². The lowest BCUT2D eigenvalue weighted by Crippen LogP contribution is -2.42. The average Bonchev–Trinajstić information content (AvgIpc) is 2.41. The quantitative estimate of drug-likeness (QED) is 0.922. The number of aryl methyl sites for hydroxylation is 1. The third kappa shape index (κ3) is 4.23. The number of rotatable bonds is 4. The van der Waals surface area contributed by atoms with E-state index in [2.05, 4.69) is 10.3 Å². The molecule has 1 aromatic rings. The molecule has 20 heavy (non-hydrogen) atoms. The van der Waals surface area contributed by atoms with Gasteiger partial charge in [-0.2, -0.15) is 0 Å². The van der Waals surface area contributed by atoms with E-state index < -0.39 is 6.43 Å². The molecule has 0 bridgehead atoms. The lowest BCUT2D eigenvalue weighted by atomic mass is 9.97. The van der Waals surface area contributed by atoms with E-state index in [9.17, 15) is 13.6 Å². The zero-order valence-corrected chi connectivity index (χ0v) is 11.5. The predicted octanol–water partition coefficient (Wildman–Crippen LogP) is 2.31. The molecular weight excluding hydrogens is 264 g/mol. The molecule has 0 aliphatic carbocycles. The van der Waals surface area contributed by atoms with Crippen LogP contribution in [0.5, 0.6) is 0 Å². The highest BCUT2D eigenvalue weighted by molar-refractivity contribution is 5.91. The number of piperidine rings is 1. The van der Waals surface area contributed by atoms with Crippen molar-refractivity contribution in [3.05, 3.63) is 23.9 Å². The molecule has 0 aromatic carbocycles. The van der Waals surface area contributed by atoms with Gasteiger partial charge in [0.05, 0.1) is 12.5 Å². The fourth-order valence-electron chi connectivity index (χ4n) is 2.40. The Morgan fingerprint density at radius 1 is 1.55 bits per heavy atom. The van der Waals surface area contributed by atoms with E-state index in [0.717, 1.165) is 18.4 Å². The zero-order chi connectivity index (χ0) is 14.5. The number of aromatic nitrogens is 1. The Morgan fingerprint density at radius 3 is 3.00 bits per heavy atom. The van der Waals surface area contributed by atoms with Crippen LogP contribution in [0.4, 0.5) is 14.6 Å². The Morgan fingerprint density at radius 2 is 2.35 bits per heavy atom. The number of hydrogen-bond acceptors (Lipinski definition) is 3. The Kier molecular flexibility index (Phi) is 5.00. The van der Waals surface area contributed by atoms with E-state index in [1.165, 1.54) is 0 Å². The molecule has 1 aliphatic heterocycles. The second kappa shape index (κ2) is 6.74. The summed E-state index contributed by atoms with van der Waals surface area (Å²) in [7, 11) is 0. The molecule has 2 heterocycles. The second-order valence-corrected chi connectivity index (χ2v) is 5.20. The maximum absolute atomic E-state index is 12.4. The highest BCUT2D eigenvalue weighted by atomic mass is 19.3. The molecule has 1 aliphatic rings. The third-order valence-corrected chi connectivity index (χ3v) is 3.44. The van der Waals surface area contributed by atoms with E-state index in [4.69, 9.17) is 0 Å². The molecule has 1 saturated heterocycles. The van der Waals surface area contributed by atoms with Crippen molar-refractivity contribution < 1.29 is 13.6 Å². The first-order valence-electron chi connectivity index (χ1n) is 6.78. The molecule has 6 heteroatoms. The van der Waals surface area contributed by atoms with Crippen LogP contribution >= 0.6 is 0 Å². The number of pyridine rings is 1. The van der Waals surface area contributed by atoms with Crippen molar-refractivity contribution in [3.63, 3.8) is 0 Å². The van der Waals surface area contributed by atoms with Crippen LogP contribution in [0.15, 0.2) is 18.3 Å². The standard InChI is InChI=1S/C14H19F2N3O/c1-10-4-5-13(17-7-10)18-14(20)11-3-2-6-19(8-11)9-12(15)16/h4-5,7,11-12H,2-3,6,8-9H2,1H3,(H,17,18,20)/t11-/m0/s1. The van der Waals surface area contributed by atoms with Gasteiger partial charge in [-0.05, 0) is 37.9 Å². The number of hydrogen-bond donors (Lipinski definition) is 1. The van der Waals surface area contributed by atoms with Gasteiger partial charge in [0.25, 0.3) is 6.43 Å². The Balaban J connectivity index is 1.90. The van der Waals surface area contributed by atoms with E-state index in [1.807, 2.05) is 13.0 Å². The van der Waals surface area contributed by atoms with E-state index in [-0.39, 0.29) is 18.4 Å². The van der Waals surface area contributed by atoms with Crippen LogP contribution in [0.2, 0.25) is 0 Å². The molecule has 1 aromatic heterocycles. The predicted molar refractivity (Wildman–Crippen MR) is 72.8 cm³/mol. The van der Waals surface area contributed by atoms with Crippen molar-refractivity contribution in [3.8, 4) is 0 Å². The highest BCUT2D eigenvalue weighted by Gasteiger charge is 2.27. The summed E-state index contributed by atoms with van der Waals surface area (Å²) in [6.45, 7) is 2.69. The number of anilines is 1. The molecule has 1 atom stereocenters. The second-order valence-electron chi connectivity index (χ2n) is 5.20. The lowest BCUT2D eigenvalue weighted by Gasteiger charge is -2.31. The number of nitrogens with zero attached hydrogens (tertiary/aromatic N) is 2. The number of nitrogens with one attached hydrogen (secondary N) is 1. The minimum atomic E-state index is -2.35. The topological polar surface area (TPSA) is 45.2 Å². The summed E-state index contributed by atoms with van der Waals surface area (Å²) in [5, 5.41) is 2.75. The maximum Gasteiger partial charge on any atom is 0.251 e. The van der Waals surface area contributed by atoms with Crippen molar-refractivity contribution in [1.82, 2.24) is 9.88 Å². The Hall–Kier alpha value is -1.56. The minimum absolute atomic E-state index is 0.139. The normalized spacial score (nSPS) is 20.1. The molecule has 0 saturated carbocycles. The first kappa shape index (κ1) is 14.8. The van der Waals surface area contributed by atoms with Crippen LogP contribution in [0.25, 0.3) is 0 Å². The fourth-order valence-corrected chi connectivity index (χ4v) is 2.40. The number of alkyl halides is 2. The number of halogens is 2. The molecule has 0 spiro atoms. The summed E-state index contributed by atoms with van der Waals surface area (Å²) in [6.07, 6.45) is 0.832. The van der Waals surface area contributed by atoms with Gasteiger partial charge in [0.15, 0.2) is 0 Å². The van der Waals surface area contributed by atoms with Gasteiger partial charge in [-0.3, -0.25) is 9.69 Å². The Bertz CT molecular complexity index is 450. The number of carbonyl (C=O) groups excluding carboxylic acids is 1. The van der Waals surface area contributed by atoms with Gasteiger partial charge in [-0.1, -0.05) is 6.07 Å². The molecule has 110 valence electrons. The third-order valence-electron chi connectivity index (χ3n) is 3.44. The van der Waals surface area contributed by atoms with Gasteiger partial charge in [-0.25, -0.2) is 13.8 Å². The smallest absolute Gasteiger partial charge is 0.251 e. The van der Waals surface area contributed by atoms with Gasteiger partial charge in [-0.15, -0.1) is 0 Å². The lowest BCUT2D eigenvalue weighted by molar-refractivity contribution is -0.121. The van der Waals surface area contributed by atoms with Crippen LogP contribution in [0, 0.1) is 12.8 Å². The largest absolute Gasteiger partial charge is 0.310 e. The molecule has 4 nitrogen and oxygen atoms in total. The van der Waals surface area contributed by atoms with Gasteiger partial charge >= 0.3 is 0 Å². The molecule has 1 N–H and O–H groups in total. The van der Waals surface area contributed by atoms with Crippen molar-refractivity contribution in [2.24, 2.45) is 5.92 Å². The maximum atomic E-state index is 12.4. The minimum Gasteiger partial charge on any atom is -0.310 e. The fraction of sp³-hybridized carbons (Fsp3) is 0.571. The zero-order valence-electron chi connectivity index (χ0n) is 11.5. The van der Waals surface area contributed by atoms with Crippen LogP contribution in [0.3, 0.4) is 0 Å². The summed E-state index contributed by atoms with van der Waals surface area (Å²) < 4.78 is 24.8. The molecular formula is C14H19F2N3O. The first-order valence-corrected chi connectivity index (χ1v) is 6.78. The molecule has 0 unspecified atom stereocenters. The summed E-state index contributed by atoms with van der Waals surface area (Å²) >= 11 is 0. The Labute approximate surface area is 117 Å². The van der Waals surface area contributed by atoms with Gasteiger partial charge in [0.2, 0.25) is 5.91 Å². The van der Waals surface area contributed by atoms with Crippen LogP contribution in [-0.4, -0.2) is 41.9 Å². The van der Waals surface area contributed by atoms with Crippen molar-refractivity contribution in [1.29, 1.82) is 0 Å². The van der Waals surface area contributed by atoms with Gasteiger partial charge in [0, 0.05) is 12.7 Å². The first-order chi connectivity index (χ1) is 9.54. The molecule has 1 fully saturated rings. The summed E-state index contributed by atoms with van der Waals surface area (Å²) in [5.74, 6) is 0.123. The van der Waals surface area contributed by atoms with Crippen LogP contribution in [0.1, 0.15) is 18.4 Å². The van der Waals surface area contributed by atoms with Gasteiger partial charge < -0.3 is 5.32 Å².